The predicted octanol–water partition coefficient (Wildman–Crippen LogP) is 4.31. The lowest BCUT2D eigenvalue weighted by atomic mass is 10.0. The van der Waals surface area contributed by atoms with E-state index < -0.39 is 0 Å². The molecule has 0 aliphatic rings. The van der Waals surface area contributed by atoms with Crippen LogP contribution < -0.4 is 5.56 Å². The van der Waals surface area contributed by atoms with Gasteiger partial charge in [0.25, 0.3) is 5.56 Å². The molecule has 3 nitrogen and oxygen atoms in total. The second kappa shape index (κ2) is 5.58. The smallest absolute Gasteiger partial charge is 0.267 e. The van der Waals surface area contributed by atoms with E-state index in [2.05, 4.69) is 24.2 Å². The maximum atomic E-state index is 12.9. The summed E-state index contributed by atoms with van der Waals surface area (Å²) in [5.74, 6) is 0.510. The van der Waals surface area contributed by atoms with Gasteiger partial charge in [-0.3, -0.25) is 9.36 Å². The van der Waals surface area contributed by atoms with Crippen LogP contribution in [-0.2, 0) is 6.42 Å². The molecule has 0 unspecified atom stereocenters. The highest BCUT2D eigenvalue weighted by Gasteiger charge is 2.14. The maximum Gasteiger partial charge on any atom is 0.267 e. The normalized spacial score (nSPS) is 11.4. The molecular weight excluding hydrogens is 300 g/mol. The number of hydrogen-bond donors (Lipinski definition) is 1. The zero-order valence-electron chi connectivity index (χ0n) is 11.9. The molecule has 0 spiro atoms. The molecule has 2 heterocycles. The lowest BCUT2D eigenvalue weighted by molar-refractivity contribution is 0.650. The molecule has 0 saturated heterocycles. The van der Waals surface area contributed by atoms with Crippen LogP contribution in [0.4, 0.5) is 0 Å². The summed E-state index contributed by atoms with van der Waals surface area (Å²) in [6.45, 7) is 4.31. The van der Waals surface area contributed by atoms with Gasteiger partial charge in [-0.1, -0.05) is 32.0 Å². The molecule has 5 heteroatoms. The van der Waals surface area contributed by atoms with Crippen LogP contribution in [0.15, 0.2) is 40.5 Å². The molecule has 3 rings (SSSR count). The minimum Gasteiger partial charge on any atom is -0.323 e. The van der Waals surface area contributed by atoms with Crippen molar-refractivity contribution in [2.24, 2.45) is 5.92 Å². The SMILES string of the molecule is CC(C)Cc1csc2[nH]c(=S)n(-c3ccccc3)c(=O)c12. The third-order valence-corrected chi connectivity index (χ3v) is 4.58. The largest absolute Gasteiger partial charge is 0.323 e. The number of H-pyrrole nitrogens is 1. The molecule has 0 amide bonds. The number of para-hydroxylation sites is 1. The average molecular weight is 316 g/mol. The van der Waals surface area contributed by atoms with E-state index >= 15 is 0 Å². The first-order valence-electron chi connectivity index (χ1n) is 6.88. The van der Waals surface area contributed by atoms with Gasteiger partial charge < -0.3 is 4.98 Å². The van der Waals surface area contributed by atoms with Gasteiger partial charge >= 0.3 is 0 Å². The summed E-state index contributed by atoms with van der Waals surface area (Å²) in [5.41, 5.74) is 1.87. The Hall–Kier alpha value is -1.72. The molecule has 2 aromatic heterocycles. The first-order chi connectivity index (χ1) is 10.1. The lowest BCUT2D eigenvalue weighted by Gasteiger charge is -2.08. The Morgan fingerprint density at radius 1 is 1.29 bits per heavy atom. The molecule has 1 N–H and O–H groups in total. The quantitative estimate of drug-likeness (QED) is 0.731. The van der Waals surface area contributed by atoms with Gasteiger partial charge in [0.15, 0.2) is 4.77 Å². The zero-order valence-corrected chi connectivity index (χ0v) is 13.6. The number of nitrogens with one attached hydrogen (secondary N) is 1. The fraction of sp³-hybridized carbons (Fsp3) is 0.250. The third-order valence-electron chi connectivity index (χ3n) is 3.35. The van der Waals surface area contributed by atoms with Crippen LogP contribution in [0.25, 0.3) is 15.9 Å². The number of thiophene rings is 1. The van der Waals surface area contributed by atoms with Crippen molar-refractivity contribution in [2.75, 3.05) is 0 Å². The van der Waals surface area contributed by atoms with E-state index in [1.807, 2.05) is 30.3 Å². The first kappa shape index (κ1) is 14.2. The summed E-state index contributed by atoms with van der Waals surface area (Å²) in [4.78, 5) is 17.0. The van der Waals surface area contributed by atoms with Crippen LogP contribution in [0.5, 0.6) is 0 Å². The first-order valence-corrected chi connectivity index (χ1v) is 8.17. The Labute approximate surface area is 131 Å². The second-order valence-electron chi connectivity index (χ2n) is 5.47. The number of fused-ring (bicyclic) bond motifs is 1. The number of hydrogen-bond acceptors (Lipinski definition) is 3. The van der Waals surface area contributed by atoms with Crippen LogP contribution in [0.2, 0.25) is 0 Å². The van der Waals surface area contributed by atoms with Crippen molar-refractivity contribution in [3.8, 4) is 5.69 Å². The van der Waals surface area contributed by atoms with Crippen molar-refractivity contribution >= 4 is 33.8 Å². The van der Waals surface area contributed by atoms with Crippen molar-refractivity contribution in [3.05, 3.63) is 56.4 Å². The van der Waals surface area contributed by atoms with Gasteiger partial charge in [0.05, 0.1) is 11.1 Å². The number of rotatable bonds is 3. The summed E-state index contributed by atoms with van der Waals surface area (Å²) in [5, 5.41) is 2.83. The molecule has 0 atom stereocenters. The predicted molar refractivity (Wildman–Crippen MR) is 91.1 cm³/mol. The van der Waals surface area contributed by atoms with Crippen LogP contribution in [0, 0.1) is 10.7 Å². The van der Waals surface area contributed by atoms with Gasteiger partial charge in [-0.05, 0) is 47.6 Å². The molecule has 108 valence electrons. The van der Waals surface area contributed by atoms with Crippen molar-refractivity contribution < 1.29 is 0 Å². The molecule has 3 aromatic rings. The Morgan fingerprint density at radius 2 is 2.00 bits per heavy atom. The van der Waals surface area contributed by atoms with E-state index in [9.17, 15) is 4.79 Å². The molecule has 0 aliphatic heterocycles. The Balaban J connectivity index is 2.32. The monoisotopic (exact) mass is 316 g/mol. The number of aromatic nitrogens is 2. The van der Waals surface area contributed by atoms with Gasteiger partial charge in [0.1, 0.15) is 4.83 Å². The van der Waals surface area contributed by atoms with Crippen LogP contribution >= 0.6 is 23.6 Å². The van der Waals surface area contributed by atoms with E-state index in [1.54, 1.807) is 15.9 Å². The van der Waals surface area contributed by atoms with Crippen molar-refractivity contribution in [1.29, 1.82) is 0 Å². The van der Waals surface area contributed by atoms with Crippen LogP contribution in [0.3, 0.4) is 0 Å². The van der Waals surface area contributed by atoms with Crippen molar-refractivity contribution in [3.63, 3.8) is 0 Å². The maximum absolute atomic E-state index is 12.9. The van der Waals surface area contributed by atoms with Gasteiger partial charge in [0, 0.05) is 0 Å². The van der Waals surface area contributed by atoms with Gasteiger partial charge in [-0.15, -0.1) is 11.3 Å². The number of benzene rings is 1. The molecule has 0 saturated carbocycles. The van der Waals surface area contributed by atoms with Crippen molar-refractivity contribution in [1.82, 2.24) is 9.55 Å². The Morgan fingerprint density at radius 3 is 2.67 bits per heavy atom. The van der Waals surface area contributed by atoms with E-state index in [0.717, 1.165) is 27.9 Å². The molecule has 0 bridgehead atoms. The molecule has 21 heavy (non-hydrogen) atoms. The lowest BCUT2D eigenvalue weighted by Crippen LogP contribution is -2.20. The number of nitrogens with zero attached hydrogens (tertiary/aromatic N) is 1. The second-order valence-corrected chi connectivity index (χ2v) is 6.74. The fourth-order valence-corrected chi connectivity index (χ4v) is 3.80. The minimum atomic E-state index is -0.0307. The average Bonchev–Trinajstić information content (AvgIpc) is 2.82. The summed E-state index contributed by atoms with van der Waals surface area (Å²) < 4.78 is 2.02. The Kier molecular flexibility index (Phi) is 3.78. The highest BCUT2D eigenvalue weighted by atomic mass is 32.1. The summed E-state index contributed by atoms with van der Waals surface area (Å²) in [7, 11) is 0. The minimum absolute atomic E-state index is 0.0307. The van der Waals surface area contributed by atoms with Crippen molar-refractivity contribution in [2.45, 2.75) is 20.3 Å². The van der Waals surface area contributed by atoms with Crippen LogP contribution in [-0.4, -0.2) is 9.55 Å². The van der Waals surface area contributed by atoms with E-state index in [0.29, 0.717) is 10.7 Å². The van der Waals surface area contributed by atoms with E-state index in [1.165, 1.54) is 0 Å². The summed E-state index contributed by atoms with van der Waals surface area (Å²) in [6.07, 6.45) is 0.897. The zero-order chi connectivity index (χ0) is 15.0. The highest BCUT2D eigenvalue weighted by Crippen LogP contribution is 2.24. The summed E-state index contributed by atoms with van der Waals surface area (Å²) in [6, 6.07) is 9.53. The molecule has 1 aromatic carbocycles. The summed E-state index contributed by atoms with van der Waals surface area (Å²) >= 11 is 6.91. The topological polar surface area (TPSA) is 37.8 Å². The standard InChI is InChI=1S/C16H16N2OS2/c1-10(2)8-11-9-21-14-13(11)15(19)18(16(20)17-14)12-6-4-3-5-7-12/h3-7,9-10H,8H2,1-2H3,(H,17,20). The Bertz CT molecular complexity index is 888. The van der Waals surface area contributed by atoms with Gasteiger partial charge in [-0.2, -0.15) is 0 Å². The van der Waals surface area contributed by atoms with E-state index in [-0.39, 0.29) is 5.56 Å². The molecule has 0 aliphatic carbocycles. The molecular formula is C16H16N2OS2. The van der Waals surface area contributed by atoms with E-state index in [4.69, 9.17) is 12.2 Å². The third kappa shape index (κ3) is 2.59. The number of aromatic amines is 1. The van der Waals surface area contributed by atoms with Gasteiger partial charge in [0.2, 0.25) is 0 Å². The van der Waals surface area contributed by atoms with Gasteiger partial charge in [-0.25, -0.2) is 0 Å². The van der Waals surface area contributed by atoms with Crippen LogP contribution in [0.1, 0.15) is 19.4 Å². The highest BCUT2D eigenvalue weighted by molar-refractivity contribution is 7.71. The fourth-order valence-electron chi connectivity index (χ4n) is 2.48. The molecule has 0 radical (unpaired) electrons. The molecule has 0 fully saturated rings.